The molecule has 1 fully saturated rings. The largest absolute Gasteiger partial charge is 0.349 e. The van der Waals surface area contributed by atoms with Gasteiger partial charge in [0, 0.05) is 12.3 Å². The van der Waals surface area contributed by atoms with E-state index < -0.39 is 0 Å². The molecule has 1 saturated heterocycles. The summed E-state index contributed by atoms with van der Waals surface area (Å²) in [7, 11) is 0. The average molecular weight is 240 g/mol. The van der Waals surface area contributed by atoms with E-state index in [4.69, 9.17) is 0 Å². The molecule has 90 valence electrons. The van der Waals surface area contributed by atoms with Gasteiger partial charge in [-0.15, -0.1) is 11.3 Å². The van der Waals surface area contributed by atoms with Crippen molar-refractivity contribution in [2.75, 3.05) is 13.1 Å². The number of amides is 1. The molecular formula is C12H20N2OS. The number of hydrogen-bond donors (Lipinski definition) is 2. The van der Waals surface area contributed by atoms with Crippen LogP contribution in [-0.4, -0.2) is 25.0 Å². The van der Waals surface area contributed by atoms with Crippen molar-refractivity contribution in [3.63, 3.8) is 0 Å². The van der Waals surface area contributed by atoms with E-state index >= 15 is 0 Å². The lowest BCUT2D eigenvalue weighted by atomic mass is 10.1. The van der Waals surface area contributed by atoms with E-state index in [9.17, 15) is 4.79 Å². The second-order valence-corrected chi connectivity index (χ2v) is 5.29. The summed E-state index contributed by atoms with van der Waals surface area (Å²) in [5, 5.41) is 6.40. The zero-order valence-electron chi connectivity index (χ0n) is 9.58. The standard InChI is InChI=1S/C12H18N2OS.H2/c1-2-10-3-4-11(16-10)12(15)14-9-5-7-13-8-6-9;/h3-4,9,13H,2,5-8H2,1H3,(H,14,15);1H. The molecule has 0 unspecified atom stereocenters. The molecule has 1 amide bonds. The van der Waals surface area contributed by atoms with Crippen LogP contribution in [0.1, 0.15) is 35.7 Å². The number of aryl methyl sites for hydroxylation is 1. The summed E-state index contributed by atoms with van der Waals surface area (Å²) < 4.78 is 0. The fourth-order valence-electron chi connectivity index (χ4n) is 1.91. The third kappa shape index (κ3) is 2.83. The monoisotopic (exact) mass is 240 g/mol. The molecule has 0 radical (unpaired) electrons. The van der Waals surface area contributed by atoms with Gasteiger partial charge in [0.05, 0.1) is 4.88 Å². The van der Waals surface area contributed by atoms with Gasteiger partial charge in [0.15, 0.2) is 0 Å². The van der Waals surface area contributed by atoms with Crippen molar-refractivity contribution in [3.8, 4) is 0 Å². The molecule has 0 bridgehead atoms. The number of thiophene rings is 1. The SMILES string of the molecule is CCc1ccc(C(=O)NC2CCNCC2)s1.[HH]. The molecule has 2 rings (SSSR count). The topological polar surface area (TPSA) is 41.1 Å². The maximum Gasteiger partial charge on any atom is 0.261 e. The fourth-order valence-corrected chi connectivity index (χ4v) is 2.76. The van der Waals surface area contributed by atoms with Crippen LogP contribution in [0.4, 0.5) is 0 Å². The number of carbonyl (C=O) groups excluding carboxylic acids is 1. The van der Waals surface area contributed by atoms with Crippen molar-refractivity contribution in [2.24, 2.45) is 0 Å². The smallest absolute Gasteiger partial charge is 0.261 e. The van der Waals surface area contributed by atoms with Crippen molar-refractivity contribution < 1.29 is 6.22 Å². The number of piperidine rings is 1. The Hall–Kier alpha value is -0.870. The first-order valence-corrected chi connectivity index (χ1v) is 6.71. The Labute approximate surface area is 102 Å². The summed E-state index contributed by atoms with van der Waals surface area (Å²) in [6, 6.07) is 4.32. The van der Waals surface area contributed by atoms with Gasteiger partial charge in [0.1, 0.15) is 0 Å². The minimum absolute atomic E-state index is 0. The highest BCUT2D eigenvalue weighted by Crippen LogP contribution is 2.17. The van der Waals surface area contributed by atoms with Gasteiger partial charge >= 0.3 is 0 Å². The van der Waals surface area contributed by atoms with Crippen LogP contribution in [0.3, 0.4) is 0 Å². The Morgan fingerprint density at radius 1 is 1.56 bits per heavy atom. The molecule has 0 aromatic carbocycles. The minimum Gasteiger partial charge on any atom is -0.349 e. The number of hydrogen-bond acceptors (Lipinski definition) is 3. The molecule has 4 heteroatoms. The third-order valence-corrected chi connectivity index (χ3v) is 4.14. The number of rotatable bonds is 3. The van der Waals surface area contributed by atoms with Crippen molar-refractivity contribution in [1.82, 2.24) is 10.6 Å². The lowest BCUT2D eigenvalue weighted by molar-refractivity contribution is 0.0933. The maximum absolute atomic E-state index is 11.9. The molecule has 0 atom stereocenters. The number of carbonyl (C=O) groups is 1. The zero-order chi connectivity index (χ0) is 11.4. The lowest BCUT2D eigenvalue weighted by Crippen LogP contribution is -2.42. The van der Waals surface area contributed by atoms with E-state index in [1.165, 1.54) is 4.88 Å². The first kappa shape index (κ1) is 11.6. The van der Waals surface area contributed by atoms with Gasteiger partial charge in [-0.2, -0.15) is 0 Å². The molecule has 0 saturated carbocycles. The molecule has 1 aliphatic heterocycles. The third-order valence-electron chi connectivity index (χ3n) is 2.91. The van der Waals surface area contributed by atoms with Crippen molar-refractivity contribution >= 4 is 17.2 Å². The Morgan fingerprint density at radius 2 is 2.31 bits per heavy atom. The summed E-state index contributed by atoms with van der Waals surface area (Å²) in [4.78, 5) is 14.0. The molecule has 0 spiro atoms. The Kier molecular flexibility index (Phi) is 3.96. The molecule has 2 heterocycles. The Balaban J connectivity index is 0.00000144. The summed E-state index contributed by atoms with van der Waals surface area (Å²) in [5.74, 6) is 0.0941. The van der Waals surface area contributed by atoms with E-state index in [0.717, 1.165) is 37.2 Å². The Morgan fingerprint density at radius 3 is 2.94 bits per heavy atom. The van der Waals surface area contributed by atoms with Crippen molar-refractivity contribution in [3.05, 3.63) is 21.9 Å². The highest BCUT2D eigenvalue weighted by atomic mass is 32.1. The molecule has 1 aromatic heterocycles. The van der Waals surface area contributed by atoms with E-state index in [2.05, 4.69) is 17.6 Å². The normalized spacial score (nSPS) is 17.3. The quantitative estimate of drug-likeness (QED) is 0.849. The Bertz CT molecular complexity index is 361. The van der Waals surface area contributed by atoms with Gasteiger partial charge < -0.3 is 10.6 Å². The van der Waals surface area contributed by atoms with E-state index in [1.807, 2.05) is 12.1 Å². The van der Waals surface area contributed by atoms with Crippen LogP contribution >= 0.6 is 11.3 Å². The summed E-state index contributed by atoms with van der Waals surface area (Å²) in [6.45, 7) is 4.13. The van der Waals surface area contributed by atoms with Crippen LogP contribution in [0.2, 0.25) is 0 Å². The number of nitrogens with one attached hydrogen (secondary N) is 2. The first-order valence-electron chi connectivity index (χ1n) is 5.90. The molecule has 3 nitrogen and oxygen atoms in total. The van der Waals surface area contributed by atoms with Crippen LogP contribution in [0, 0.1) is 0 Å². The van der Waals surface area contributed by atoms with Gasteiger partial charge in [-0.05, 0) is 44.5 Å². The molecular weight excluding hydrogens is 220 g/mol. The summed E-state index contributed by atoms with van der Waals surface area (Å²) in [6.07, 6.45) is 3.08. The first-order chi connectivity index (χ1) is 7.79. The van der Waals surface area contributed by atoms with Gasteiger partial charge in [-0.3, -0.25) is 4.79 Å². The van der Waals surface area contributed by atoms with Crippen LogP contribution in [0.5, 0.6) is 0 Å². The summed E-state index contributed by atoms with van der Waals surface area (Å²) in [5.41, 5.74) is 0. The lowest BCUT2D eigenvalue weighted by Gasteiger charge is -2.23. The maximum atomic E-state index is 11.9. The summed E-state index contributed by atoms with van der Waals surface area (Å²) >= 11 is 1.60. The second-order valence-electron chi connectivity index (χ2n) is 4.12. The molecule has 0 aliphatic carbocycles. The molecule has 16 heavy (non-hydrogen) atoms. The van der Waals surface area contributed by atoms with Gasteiger partial charge in [-0.1, -0.05) is 6.92 Å². The van der Waals surface area contributed by atoms with Crippen LogP contribution in [0.15, 0.2) is 12.1 Å². The van der Waals surface area contributed by atoms with E-state index in [0.29, 0.717) is 6.04 Å². The van der Waals surface area contributed by atoms with Gasteiger partial charge in [0.25, 0.3) is 5.91 Å². The van der Waals surface area contributed by atoms with Gasteiger partial charge in [0.2, 0.25) is 0 Å². The molecule has 2 N–H and O–H groups in total. The predicted octanol–water partition coefficient (Wildman–Crippen LogP) is 2.04. The van der Waals surface area contributed by atoms with Crippen LogP contribution in [-0.2, 0) is 6.42 Å². The van der Waals surface area contributed by atoms with E-state index in [-0.39, 0.29) is 7.33 Å². The fraction of sp³-hybridized carbons (Fsp3) is 0.583. The minimum atomic E-state index is 0. The van der Waals surface area contributed by atoms with Crippen molar-refractivity contribution in [1.29, 1.82) is 0 Å². The molecule has 1 aliphatic rings. The van der Waals surface area contributed by atoms with Crippen LogP contribution in [0.25, 0.3) is 0 Å². The molecule has 1 aromatic rings. The predicted molar refractivity (Wildman–Crippen MR) is 69.2 cm³/mol. The average Bonchev–Trinajstić information content (AvgIpc) is 2.79. The van der Waals surface area contributed by atoms with E-state index in [1.54, 1.807) is 11.3 Å². The highest BCUT2D eigenvalue weighted by Gasteiger charge is 2.17. The van der Waals surface area contributed by atoms with Gasteiger partial charge in [-0.25, -0.2) is 0 Å². The zero-order valence-corrected chi connectivity index (χ0v) is 10.4. The van der Waals surface area contributed by atoms with Crippen molar-refractivity contribution in [2.45, 2.75) is 32.2 Å². The van der Waals surface area contributed by atoms with Crippen LogP contribution < -0.4 is 10.6 Å². The second kappa shape index (κ2) is 5.46. The highest BCUT2D eigenvalue weighted by molar-refractivity contribution is 7.14.